The normalized spacial score (nSPS) is 15.1. The minimum atomic E-state index is -3.71. The lowest BCUT2D eigenvalue weighted by atomic mass is 10.00. The zero-order valence-corrected chi connectivity index (χ0v) is 13.0. The van der Waals surface area contributed by atoms with Gasteiger partial charge in [0.05, 0.1) is 16.0 Å². The molecule has 0 fully saturated rings. The third kappa shape index (κ3) is 1.95. The Labute approximate surface area is 133 Å². The number of ketones is 1. The van der Waals surface area contributed by atoms with E-state index in [0.29, 0.717) is 5.56 Å². The summed E-state index contributed by atoms with van der Waals surface area (Å²) in [4.78, 5) is 12.7. The molecule has 2 aromatic carbocycles. The number of nitrogens with zero attached hydrogens (tertiary/aromatic N) is 2. The minimum absolute atomic E-state index is 0.0579. The molecule has 0 saturated heterocycles. The summed E-state index contributed by atoms with van der Waals surface area (Å²) < 4.78 is 27.4. The quantitative estimate of drug-likeness (QED) is 0.539. The molecule has 0 unspecified atom stereocenters. The maximum atomic E-state index is 12.9. The van der Waals surface area contributed by atoms with Crippen LogP contribution < -0.4 is 0 Å². The number of carbonyl (C=O) groups is 1. The summed E-state index contributed by atoms with van der Waals surface area (Å²) in [5.41, 5.74) is 1.97. The second-order valence-electron chi connectivity index (χ2n) is 5.44. The van der Waals surface area contributed by atoms with E-state index in [1.54, 1.807) is 60.5 Å². The number of sulfone groups is 1. The highest BCUT2D eigenvalue weighted by atomic mass is 32.2. The van der Waals surface area contributed by atoms with Gasteiger partial charge in [-0.25, -0.2) is 8.42 Å². The molecule has 23 heavy (non-hydrogen) atoms. The molecular formula is C17H12N2O3S. The van der Waals surface area contributed by atoms with Gasteiger partial charge in [-0.1, -0.05) is 18.2 Å². The fourth-order valence-electron chi connectivity index (χ4n) is 2.83. The van der Waals surface area contributed by atoms with E-state index in [1.807, 2.05) is 0 Å². The molecule has 3 aromatic rings. The largest absolute Gasteiger partial charge is 0.289 e. The average molecular weight is 324 g/mol. The Morgan fingerprint density at radius 3 is 2.43 bits per heavy atom. The number of rotatable bonds is 1. The van der Waals surface area contributed by atoms with Gasteiger partial charge in [0.1, 0.15) is 0 Å². The second kappa shape index (κ2) is 4.63. The molecule has 0 radical (unpaired) electrons. The van der Waals surface area contributed by atoms with E-state index < -0.39 is 9.84 Å². The van der Waals surface area contributed by atoms with Crippen LogP contribution in [0.4, 0.5) is 0 Å². The van der Waals surface area contributed by atoms with Crippen LogP contribution in [0.3, 0.4) is 0 Å². The Kier molecular flexibility index (Phi) is 2.80. The molecule has 2 heterocycles. The molecule has 4 rings (SSSR count). The first-order chi connectivity index (χ1) is 11.0. The highest BCUT2D eigenvalue weighted by Gasteiger charge is 2.34. The maximum absolute atomic E-state index is 12.9. The van der Waals surface area contributed by atoms with Gasteiger partial charge in [0.2, 0.25) is 9.84 Å². The number of fused-ring (bicyclic) bond motifs is 2. The van der Waals surface area contributed by atoms with Crippen molar-refractivity contribution in [2.75, 3.05) is 0 Å². The van der Waals surface area contributed by atoms with E-state index in [1.165, 1.54) is 6.07 Å². The van der Waals surface area contributed by atoms with Crippen LogP contribution in [0.5, 0.6) is 0 Å². The Bertz CT molecular complexity index is 1060. The summed E-state index contributed by atoms with van der Waals surface area (Å²) >= 11 is 0. The topological polar surface area (TPSA) is 69.0 Å². The molecule has 0 atom stereocenters. The molecule has 1 aliphatic heterocycles. The molecule has 0 saturated carbocycles. The van der Waals surface area contributed by atoms with Gasteiger partial charge >= 0.3 is 0 Å². The number of aryl methyl sites for hydroxylation is 1. The second-order valence-corrected chi connectivity index (χ2v) is 7.33. The van der Waals surface area contributed by atoms with Crippen LogP contribution in [0.25, 0.3) is 11.1 Å². The highest BCUT2D eigenvalue weighted by molar-refractivity contribution is 7.91. The summed E-state index contributed by atoms with van der Waals surface area (Å²) in [7, 11) is -1.92. The van der Waals surface area contributed by atoms with Gasteiger partial charge in [-0.15, -0.1) is 0 Å². The first kappa shape index (κ1) is 13.9. The molecule has 114 valence electrons. The molecule has 6 heteroatoms. The van der Waals surface area contributed by atoms with Crippen molar-refractivity contribution in [3.8, 4) is 11.1 Å². The molecule has 1 aliphatic rings. The summed E-state index contributed by atoms with van der Waals surface area (Å²) in [6.07, 6.45) is 3.46. The fraction of sp³-hybridized carbons (Fsp3) is 0.0588. The van der Waals surface area contributed by atoms with Crippen molar-refractivity contribution in [3.63, 3.8) is 0 Å². The predicted molar refractivity (Wildman–Crippen MR) is 84.0 cm³/mol. The van der Waals surface area contributed by atoms with Crippen molar-refractivity contribution >= 4 is 15.6 Å². The number of hydrogen-bond donors (Lipinski definition) is 0. The van der Waals surface area contributed by atoms with Crippen LogP contribution in [0.15, 0.2) is 64.6 Å². The van der Waals surface area contributed by atoms with Crippen molar-refractivity contribution < 1.29 is 13.2 Å². The lowest BCUT2D eigenvalue weighted by Gasteiger charge is -2.19. The van der Waals surface area contributed by atoms with Gasteiger partial charge in [0.25, 0.3) is 0 Å². The zero-order valence-electron chi connectivity index (χ0n) is 12.2. The van der Waals surface area contributed by atoms with Gasteiger partial charge in [-0.2, -0.15) is 5.10 Å². The van der Waals surface area contributed by atoms with E-state index in [-0.39, 0.29) is 26.7 Å². The first-order valence-corrected chi connectivity index (χ1v) is 8.49. The van der Waals surface area contributed by atoms with E-state index >= 15 is 0 Å². The van der Waals surface area contributed by atoms with Gasteiger partial charge in [-0.3, -0.25) is 9.48 Å². The first-order valence-electron chi connectivity index (χ1n) is 7.00. The molecule has 0 spiro atoms. The van der Waals surface area contributed by atoms with Gasteiger partial charge in [-0.05, 0) is 29.8 Å². The van der Waals surface area contributed by atoms with Crippen molar-refractivity contribution in [1.82, 2.24) is 9.78 Å². The smallest absolute Gasteiger partial charge is 0.208 e. The van der Waals surface area contributed by atoms with Gasteiger partial charge in [0, 0.05) is 29.9 Å². The third-order valence-corrected chi connectivity index (χ3v) is 5.83. The van der Waals surface area contributed by atoms with Gasteiger partial charge in [0.15, 0.2) is 5.78 Å². The van der Waals surface area contributed by atoms with Crippen LogP contribution in [0.1, 0.15) is 15.9 Å². The Morgan fingerprint density at radius 1 is 0.957 bits per heavy atom. The highest BCUT2D eigenvalue weighted by Crippen LogP contribution is 2.36. The van der Waals surface area contributed by atoms with Crippen molar-refractivity contribution in [2.24, 2.45) is 7.05 Å². The number of hydrogen-bond acceptors (Lipinski definition) is 4. The minimum Gasteiger partial charge on any atom is -0.289 e. The SMILES string of the molecule is Cn1cc(-c2ccc3c(c2)S(=O)(=O)c2ccccc2C3=O)cn1. The van der Waals surface area contributed by atoms with Gasteiger partial charge < -0.3 is 0 Å². The van der Waals surface area contributed by atoms with Crippen LogP contribution in [-0.4, -0.2) is 24.0 Å². The third-order valence-electron chi connectivity index (χ3n) is 3.98. The van der Waals surface area contributed by atoms with E-state index in [4.69, 9.17) is 0 Å². The fourth-order valence-corrected chi connectivity index (χ4v) is 4.51. The lowest BCUT2D eigenvalue weighted by molar-refractivity contribution is 0.103. The van der Waals surface area contributed by atoms with Crippen LogP contribution in [0, 0.1) is 0 Å². The number of carbonyl (C=O) groups excluding carboxylic acids is 1. The van der Waals surface area contributed by atoms with Crippen LogP contribution >= 0.6 is 0 Å². The van der Waals surface area contributed by atoms with Crippen molar-refractivity contribution in [2.45, 2.75) is 9.79 Å². The van der Waals surface area contributed by atoms with Crippen molar-refractivity contribution in [1.29, 1.82) is 0 Å². The lowest BCUT2D eigenvalue weighted by Crippen LogP contribution is -2.20. The molecule has 1 aromatic heterocycles. The standard InChI is InChI=1S/C17H12N2O3S/c1-19-10-12(9-18-19)11-6-7-14-16(8-11)23(21,22)15-5-3-2-4-13(15)17(14)20/h2-10H,1H3. The molecule has 5 nitrogen and oxygen atoms in total. The Morgan fingerprint density at radius 2 is 1.70 bits per heavy atom. The summed E-state index contributed by atoms with van der Waals surface area (Å²) in [5, 5.41) is 4.09. The zero-order chi connectivity index (χ0) is 16.2. The number of aromatic nitrogens is 2. The summed E-state index contributed by atoms with van der Waals surface area (Å²) in [5.74, 6) is -0.261. The Balaban J connectivity index is 1.98. The van der Waals surface area contributed by atoms with Crippen LogP contribution in [0.2, 0.25) is 0 Å². The van der Waals surface area contributed by atoms with E-state index in [0.717, 1.165) is 5.56 Å². The average Bonchev–Trinajstić information content (AvgIpc) is 2.99. The van der Waals surface area contributed by atoms with Crippen molar-refractivity contribution in [3.05, 3.63) is 66.0 Å². The molecule has 0 amide bonds. The monoisotopic (exact) mass is 324 g/mol. The predicted octanol–water partition coefficient (Wildman–Crippen LogP) is 2.46. The maximum Gasteiger partial charge on any atom is 0.208 e. The van der Waals surface area contributed by atoms with E-state index in [2.05, 4.69) is 5.10 Å². The molecule has 0 bridgehead atoms. The molecule has 0 aliphatic carbocycles. The summed E-state index contributed by atoms with van der Waals surface area (Å²) in [6.45, 7) is 0. The Hall–Kier alpha value is -2.73. The van der Waals surface area contributed by atoms with Crippen LogP contribution in [-0.2, 0) is 16.9 Å². The number of benzene rings is 2. The molecular weight excluding hydrogens is 312 g/mol. The summed E-state index contributed by atoms with van der Waals surface area (Å²) in [6, 6.07) is 11.2. The van der Waals surface area contributed by atoms with E-state index in [9.17, 15) is 13.2 Å². The molecule has 0 N–H and O–H groups in total.